The molecule has 2 bridgehead atoms. The number of likely N-dealkylation sites (tertiary alicyclic amines) is 1. The van der Waals surface area contributed by atoms with E-state index in [1.807, 2.05) is 31.2 Å². The van der Waals surface area contributed by atoms with Crippen LogP contribution in [0.1, 0.15) is 41.5 Å². The Hall–Kier alpha value is -3.96. The number of ether oxygens (including phenoxy) is 2. The summed E-state index contributed by atoms with van der Waals surface area (Å²) in [5.74, 6) is -0.294. The van der Waals surface area contributed by atoms with Gasteiger partial charge in [0.05, 0.1) is 38.1 Å². The maximum atomic E-state index is 13.8. The van der Waals surface area contributed by atoms with Crippen LogP contribution in [0.15, 0.2) is 42.7 Å². The van der Waals surface area contributed by atoms with Crippen molar-refractivity contribution in [3.63, 3.8) is 0 Å². The predicted octanol–water partition coefficient (Wildman–Crippen LogP) is 2.44. The van der Waals surface area contributed by atoms with Crippen molar-refractivity contribution >= 4 is 34.3 Å². The molecule has 2 aliphatic heterocycles. The molecule has 1 saturated heterocycles. The summed E-state index contributed by atoms with van der Waals surface area (Å²) in [7, 11) is 0. The van der Waals surface area contributed by atoms with E-state index in [2.05, 4.69) is 20.4 Å². The first kappa shape index (κ1) is 25.3. The molecule has 39 heavy (non-hydrogen) atoms. The Morgan fingerprint density at radius 3 is 2.79 bits per heavy atom. The Kier molecular flexibility index (Phi) is 6.48. The fourth-order valence-corrected chi connectivity index (χ4v) is 5.74. The molecule has 0 unspecified atom stereocenters. The summed E-state index contributed by atoms with van der Waals surface area (Å²) in [6.07, 6.45) is 8.28. The van der Waals surface area contributed by atoms with Crippen molar-refractivity contribution in [3.05, 3.63) is 59.7 Å². The van der Waals surface area contributed by atoms with Gasteiger partial charge in [-0.25, -0.2) is 4.98 Å². The predicted molar refractivity (Wildman–Crippen MR) is 141 cm³/mol. The second-order valence-corrected chi connectivity index (χ2v) is 10.5. The molecule has 0 aromatic carbocycles. The van der Waals surface area contributed by atoms with Crippen molar-refractivity contribution in [2.75, 3.05) is 25.1 Å². The Morgan fingerprint density at radius 2 is 1.97 bits per heavy atom. The molecule has 202 valence electrons. The highest BCUT2D eigenvalue weighted by Crippen LogP contribution is 2.59. The van der Waals surface area contributed by atoms with Gasteiger partial charge in [0, 0.05) is 41.2 Å². The number of nitrogens with zero attached hydrogens (tertiary/aromatic N) is 5. The highest BCUT2D eigenvalue weighted by Gasteiger charge is 2.67. The first-order chi connectivity index (χ1) is 18.9. The van der Waals surface area contributed by atoms with Crippen LogP contribution >= 0.6 is 0 Å². The van der Waals surface area contributed by atoms with E-state index in [0.29, 0.717) is 48.7 Å². The minimum absolute atomic E-state index is 0.113. The molecule has 0 radical (unpaired) electrons. The quantitative estimate of drug-likeness (QED) is 0.404. The van der Waals surface area contributed by atoms with E-state index in [1.54, 1.807) is 23.4 Å². The summed E-state index contributed by atoms with van der Waals surface area (Å²) in [6.45, 7) is 4.78. The van der Waals surface area contributed by atoms with E-state index in [0.717, 1.165) is 17.7 Å². The SMILES string of the molecule is CC(=O)c1nn(CC(=O)N2[C@H]3C[C@@]4(COCC=CCOCc5ccc(C)nc5NC3=O)C[C@@H]24)c2cnccc12. The zero-order valence-electron chi connectivity index (χ0n) is 21.9. The average Bonchev–Trinajstić information content (AvgIpc) is 3.32. The first-order valence-corrected chi connectivity index (χ1v) is 13.1. The van der Waals surface area contributed by atoms with E-state index in [-0.39, 0.29) is 42.2 Å². The number of hydrogen-bond acceptors (Lipinski definition) is 8. The molecule has 1 spiro atoms. The van der Waals surface area contributed by atoms with Crippen molar-refractivity contribution in [3.8, 4) is 0 Å². The molecule has 1 saturated carbocycles. The van der Waals surface area contributed by atoms with Crippen LogP contribution in [0.2, 0.25) is 0 Å². The molecule has 1 N–H and O–H groups in total. The van der Waals surface area contributed by atoms with Gasteiger partial charge < -0.3 is 19.7 Å². The van der Waals surface area contributed by atoms with Crippen molar-refractivity contribution in [2.24, 2.45) is 5.41 Å². The number of fused-ring (bicyclic) bond motifs is 3. The van der Waals surface area contributed by atoms with E-state index >= 15 is 0 Å². The number of carbonyl (C=O) groups excluding carboxylic acids is 3. The number of carbonyl (C=O) groups is 3. The number of pyridine rings is 2. The third-order valence-electron chi connectivity index (χ3n) is 7.78. The molecular formula is C28H30N6O5. The average molecular weight is 531 g/mol. The number of piperidine rings is 1. The van der Waals surface area contributed by atoms with Crippen molar-refractivity contribution in [1.82, 2.24) is 24.6 Å². The van der Waals surface area contributed by atoms with Crippen molar-refractivity contribution in [1.29, 1.82) is 0 Å². The van der Waals surface area contributed by atoms with Gasteiger partial charge in [-0.1, -0.05) is 18.2 Å². The summed E-state index contributed by atoms with van der Waals surface area (Å²) in [5.41, 5.74) is 2.13. The van der Waals surface area contributed by atoms with Crippen molar-refractivity contribution < 1.29 is 23.9 Å². The zero-order chi connectivity index (χ0) is 27.1. The van der Waals surface area contributed by atoms with Crippen LogP contribution in [0.25, 0.3) is 10.9 Å². The number of amides is 2. The second-order valence-electron chi connectivity index (χ2n) is 10.5. The summed E-state index contributed by atoms with van der Waals surface area (Å²) < 4.78 is 13.2. The van der Waals surface area contributed by atoms with Gasteiger partial charge in [0.1, 0.15) is 24.1 Å². The Morgan fingerprint density at radius 1 is 1.15 bits per heavy atom. The molecule has 5 heterocycles. The minimum Gasteiger partial charge on any atom is -0.377 e. The maximum Gasteiger partial charge on any atom is 0.248 e. The molecule has 3 atom stereocenters. The van der Waals surface area contributed by atoms with Crippen LogP contribution in [0, 0.1) is 12.3 Å². The van der Waals surface area contributed by atoms with E-state index in [4.69, 9.17) is 9.47 Å². The highest BCUT2D eigenvalue weighted by molar-refractivity contribution is 6.05. The lowest BCUT2D eigenvalue weighted by Gasteiger charge is -2.27. The molecule has 2 amide bonds. The lowest BCUT2D eigenvalue weighted by atomic mass is 10.00. The normalized spacial score (nSPS) is 24.9. The molecule has 3 aromatic rings. The number of nitrogens with one attached hydrogen (secondary N) is 1. The molecule has 11 heteroatoms. The van der Waals surface area contributed by atoms with Gasteiger partial charge in [-0.05, 0) is 31.9 Å². The Balaban J connectivity index is 1.31. The topological polar surface area (TPSA) is 129 Å². The van der Waals surface area contributed by atoms with Crippen LogP contribution < -0.4 is 5.32 Å². The number of anilines is 1. The van der Waals surface area contributed by atoms with E-state index in [1.165, 1.54) is 11.6 Å². The third-order valence-corrected chi connectivity index (χ3v) is 7.78. The Bertz CT molecular complexity index is 1500. The van der Waals surface area contributed by atoms with Gasteiger partial charge >= 0.3 is 0 Å². The number of aryl methyl sites for hydroxylation is 1. The highest BCUT2D eigenvalue weighted by atomic mass is 16.5. The van der Waals surface area contributed by atoms with Gasteiger partial charge in [0.15, 0.2) is 5.78 Å². The van der Waals surface area contributed by atoms with E-state index < -0.39 is 6.04 Å². The molecule has 11 nitrogen and oxygen atoms in total. The van der Waals surface area contributed by atoms with Crippen molar-refractivity contribution in [2.45, 2.75) is 51.9 Å². The van der Waals surface area contributed by atoms with Crippen LogP contribution in [-0.2, 0) is 32.2 Å². The van der Waals surface area contributed by atoms with Gasteiger partial charge in [-0.2, -0.15) is 5.10 Å². The fourth-order valence-electron chi connectivity index (χ4n) is 5.74. The van der Waals surface area contributed by atoms with Crippen LogP contribution in [0.4, 0.5) is 5.82 Å². The fraction of sp³-hybridized carbons (Fsp3) is 0.429. The largest absolute Gasteiger partial charge is 0.377 e. The zero-order valence-corrected chi connectivity index (χ0v) is 21.9. The Labute approximate surface area is 225 Å². The second kappa shape index (κ2) is 9.97. The molecule has 3 aliphatic rings. The number of aromatic nitrogens is 4. The van der Waals surface area contributed by atoms with E-state index in [9.17, 15) is 14.4 Å². The van der Waals surface area contributed by atoms with Gasteiger partial charge in [0.25, 0.3) is 0 Å². The minimum atomic E-state index is -0.691. The maximum absolute atomic E-state index is 13.8. The lowest BCUT2D eigenvalue weighted by Crippen LogP contribution is -2.47. The van der Waals surface area contributed by atoms with Crippen LogP contribution in [0.5, 0.6) is 0 Å². The van der Waals surface area contributed by atoms with Gasteiger partial charge in [-0.3, -0.25) is 24.0 Å². The van der Waals surface area contributed by atoms with Crippen LogP contribution in [-0.4, -0.2) is 74.2 Å². The third kappa shape index (κ3) is 4.72. The first-order valence-electron chi connectivity index (χ1n) is 13.1. The number of ketones is 1. The monoisotopic (exact) mass is 530 g/mol. The van der Waals surface area contributed by atoms with Gasteiger partial charge in [-0.15, -0.1) is 0 Å². The molecule has 1 aliphatic carbocycles. The van der Waals surface area contributed by atoms with Gasteiger partial charge in [0.2, 0.25) is 11.8 Å². The smallest absolute Gasteiger partial charge is 0.248 e. The summed E-state index contributed by atoms with van der Waals surface area (Å²) in [6, 6.07) is 4.68. The summed E-state index contributed by atoms with van der Waals surface area (Å²) in [4.78, 5) is 50.1. The molecule has 2 fully saturated rings. The molecule has 6 rings (SSSR count). The number of rotatable bonds is 3. The summed E-state index contributed by atoms with van der Waals surface area (Å²) >= 11 is 0. The standard InChI is InChI=1S/C28H30N6O5/c1-17-5-6-19-15-38-9-3-4-10-39-16-28-11-21(27(37)31-26(19)30-17)34(23(28)12-28)24(36)14-33-22-13-29-8-7-20(22)25(32-33)18(2)35/h3-8,13,21,23H,9-12,14-16H2,1-2H3,(H,30,31,37)/t21-,23+,28-/m0/s1. The lowest BCUT2D eigenvalue weighted by molar-refractivity contribution is -0.138. The molecule has 3 aromatic heterocycles. The summed E-state index contributed by atoms with van der Waals surface area (Å²) in [5, 5.41) is 8.04. The number of hydrogen-bond donors (Lipinski definition) is 1. The molecular weight excluding hydrogens is 500 g/mol. The van der Waals surface area contributed by atoms with Crippen LogP contribution in [0.3, 0.4) is 0 Å². The number of Topliss-reactive ketones (excluding diaryl/α,β-unsaturated/α-hetero) is 1.